The number of aliphatic hydroxyl groups excluding tert-OH is 1. The Labute approximate surface area is 141 Å². The highest BCUT2D eigenvalue weighted by Gasteiger charge is 2.44. The van der Waals surface area contributed by atoms with E-state index in [9.17, 15) is 21.9 Å². The lowest BCUT2D eigenvalue weighted by Crippen LogP contribution is -2.46. The largest absolute Gasteiger partial charge is 0.390 e. The lowest BCUT2D eigenvalue weighted by Gasteiger charge is -2.31. The van der Waals surface area contributed by atoms with Gasteiger partial charge in [0.25, 0.3) is 10.0 Å². The SMILES string of the molecule is O=S1(=O)C[C@@H](O)[C@@H](N(c2ccccc2)S(=O)(=O)c2ccccc2)C1. The van der Waals surface area contributed by atoms with Gasteiger partial charge in [-0.05, 0) is 24.3 Å². The molecule has 0 aromatic heterocycles. The number of sulfonamides is 1. The number of sulfone groups is 1. The van der Waals surface area contributed by atoms with E-state index in [0.29, 0.717) is 5.69 Å². The Morgan fingerprint density at radius 2 is 1.46 bits per heavy atom. The van der Waals surface area contributed by atoms with E-state index in [4.69, 9.17) is 0 Å². The molecular formula is C16H17NO5S2. The van der Waals surface area contributed by atoms with Gasteiger partial charge in [0.2, 0.25) is 0 Å². The van der Waals surface area contributed by atoms with E-state index in [1.165, 1.54) is 12.1 Å². The normalized spacial score (nSPS) is 23.0. The number of benzene rings is 2. The zero-order valence-corrected chi connectivity index (χ0v) is 14.3. The van der Waals surface area contributed by atoms with Gasteiger partial charge in [0.1, 0.15) is 0 Å². The molecular weight excluding hydrogens is 350 g/mol. The van der Waals surface area contributed by atoms with Crippen molar-refractivity contribution in [1.29, 1.82) is 0 Å². The van der Waals surface area contributed by atoms with Gasteiger partial charge in [0, 0.05) is 0 Å². The quantitative estimate of drug-likeness (QED) is 0.872. The highest BCUT2D eigenvalue weighted by atomic mass is 32.2. The van der Waals surface area contributed by atoms with Gasteiger partial charge in [-0.25, -0.2) is 16.8 Å². The molecule has 8 heteroatoms. The Bertz CT molecular complexity index is 911. The first-order valence-electron chi connectivity index (χ1n) is 7.34. The molecule has 0 aliphatic carbocycles. The van der Waals surface area contributed by atoms with Crippen LogP contribution in [0.5, 0.6) is 0 Å². The molecule has 0 radical (unpaired) electrons. The van der Waals surface area contributed by atoms with Gasteiger partial charge in [-0.1, -0.05) is 36.4 Å². The number of para-hydroxylation sites is 1. The van der Waals surface area contributed by atoms with E-state index in [0.717, 1.165) is 4.31 Å². The van der Waals surface area contributed by atoms with Gasteiger partial charge in [0.15, 0.2) is 9.84 Å². The highest BCUT2D eigenvalue weighted by molar-refractivity contribution is 7.93. The van der Waals surface area contributed by atoms with Crippen LogP contribution in [0.25, 0.3) is 0 Å². The Morgan fingerprint density at radius 3 is 1.96 bits per heavy atom. The van der Waals surface area contributed by atoms with E-state index < -0.39 is 43.5 Å². The van der Waals surface area contributed by atoms with Crippen molar-refractivity contribution < 1.29 is 21.9 Å². The second-order valence-corrected chi connectivity index (χ2v) is 9.63. The number of hydrogen-bond donors (Lipinski definition) is 1. The van der Waals surface area contributed by atoms with E-state index in [-0.39, 0.29) is 4.90 Å². The first-order valence-corrected chi connectivity index (χ1v) is 10.6. The highest BCUT2D eigenvalue weighted by Crippen LogP contribution is 2.30. The van der Waals surface area contributed by atoms with Gasteiger partial charge in [-0.2, -0.15) is 0 Å². The van der Waals surface area contributed by atoms with Gasteiger partial charge in [0.05, 0.1) is 34.2 Å². The van der Waals surface area contributed by atoms with Crippen LogP contribution < -0.4 is 4.31 Å². The number of aliphatic hydroxyl groups is 1. The molecule has 24 heavy (non-hydrogen) atoms. The Hall–Kier alpha value is -1.90. The van der Waals surface area contributed by atoms with Crippen LogP contribution in [0.4, 0.5) is 5.69 Å². The minimum absolute atomic E-state index is 0.0466. The lowest BCUT2D eigenvalue weighted by atomic mass is 10.2. The third-order valence-corrected chi connectivity index (χ3v) is 7.47. The molecule has 2 aromatic carbocycles. The second kappa shape index (κ2) is 6.19. The predicted octanol–water partition coefficient (Wildman–Crippen LogP) is 1.04. The predicted molar refractivity (Wildman–Crippen MR) is 91.0 cm³/mol. The number of anilines is 1. The molecule has 0 saturated carbocycles. The summed E-state index contributed by atoms with van der Waals surface area (Å²) < 4.78 is 51.0. The molecule has 2 atom stereocenters. The van der Waals surface area contributed by atoms with Crippen molar-refractivity contribution in [1.82, 2.24) is 0 Å². The van der Waals surface area contributed by atoms with Gasteiger partial charge < -0.3 is 5.11 Å². The summed E-state index contributed by atoms with van der Waals surface area (Å²) in [6.07, 6.45) is -1.27. The number of rotatable bonds is 4. The molecule has 128 valence electrons. The molecule has 0 spiro atoms. The van der Waals surface area contributed by atoms with Crippen LogP contribution >= 0.6 is 0 Å². The standard InChI is InChI=1S/C16H17NO5S2/c18-16-12-23(19,20)11-15(16)17(13-7-3-1-4-8-13)24(21,22)14-9-5-2-6-10-14/h1-10,15-16,18H,11-12H2/t15-,16+/m0/s1. The molecule has 0 unspecified atom stereocenters. The van der Waals surface area contributed by atoms with Crippen LogP contribution in [0.3, 0.4) is 0 Å². The van der Waals surface area contributed by atoms with Crippen LogP contribution in [0.15, 0.2) is 65.6 Å². The van der Waals surface area contributed by atoms with E-state index in [1.54, 1.807) is 48.5 Å². The van der Waals surface area contributed by atoms with E-state index >= 15 is 0 Å². The van der Waals surface area contributed by atoms with Crippen LogP contribution in [-0.2, 0) is 19.9 Å². The van der Waals surface area contributed by atoms with Crippen molar-refractivity contribution in [2.75, 3.05) is 15.8 Å². The number of hydrogen-bond acceptors (Lipinski definition) is 5. The summed E-state index contributed by atoms with van der Waals surface area (Å²) >= 11 is 0. The molecule has 1 saturated heterocycles. The lowest BCUT2D eigenvalue weighted by molar-refractivity contribution is 0.184. The summed E-state index contributed by atoms with van der Waals surface area (Å²) in [6, 6.07) is 15.0. The van der Waals surface area contributed by atoms with Crippen molar-refractivity contribution in [3.8, 4) is 0 Å². The summed E-state index contributed by atoms with van der Waals surface area (Å²) in [7, 11) is -7.51. The molecule has 6 nitrogen and oxygen atoms in total. The Balaban J connectivity index is 2.14. The second-order valence-electron chi connectivity index (χ2n) is 5.66. The zero-order chi connectivity index (χ0) is 17.4. The zero-order valence-electron chi connectivity index (χ0n) is 12.7. The fourth-order valence-corrected chi connectivity index (χ4v) is 6.39. The molecule has 1 aliphatic heterocycles. The summed E-state index contributed by atoms with van der Waals surface area (Å²) in [5.74, 6) is -0.847. The minimum atomic E-state index is -4.01. The average molecular weight is 367 g/mol. The number of nitrogens with zero attached hydrogens (tertiary/aromatic N) is 1. The summed E-state index contributed by atoms with van der Waals surface area (Å²) in [4.78, 5) is 0.0466. The van der Waals surface area contributed by atoms with Gasteiger partial charge >= 0.3 is 0 Å². The Kier molecular flexibility index (Phi) is 4.37. The van der Waals surface area contributed by atoms with Crippen LogP contribution in [-0.4, -0.2) is 45.6 Å². The van der Waals surface area contributed by atoms with Crippen molar-refractivity contribution in [3.63, 3.8) is 0 Å². The maximum Gasteiger partial charge on any atom is 0.264 e. The van der Waals surface area contributed by atoms with Crippen molar-refractivity contribution in [3.05, 3.63) is 60.7 Å². The maximum absolute atomic E-state index is 13.1. The smallest absolute Gasteiger partial charge is 0.264 e. The van der Waals surface area contributed by atoms with Crippen molar-refractivity contribution >= 4 is 25.5 Å². The van der Waals surface area contributed by atoms with Gasteiger partial charge in [-0.15, -0.1) is 0 Å². The monoisotopic (exact) mass is 367 g/mol. The minimum Gasteiger partial charge on any atom is -0.390 e. The van der Waals surface area contributed by atoms with Crippen LogP contribution in [0.1, 0.15) is 0 Å². The van der Waals surface area contributed by atoms with Crippen molar-refractivity contribution in [2.24, 2.45) is 0 Å². The molecule has 1 heterocycles. The molecule has 1 N–H and O–H groups in total. The molecule has 1 aliphatic rings. The first kappa shape index (κ1) is 16.9. The molecule has 0 amide bonds. The third-order valence-electron chi connectivity index (χ3n) is 3.91. The fourth-order valence-electron chi connectivity index (χ4n) is 2.82. The molecule has 1 fully saturated rings. The van der Waals surface area contributed by atoms with E-state index in [2.05, 4.69) is 0 Å². The first-order chi connectivity index (χ1) is 11.3. The third kappa shape index (κ3) is 3.17. The van der Waals surface area contributed by atoms with Crippen molar-refractivity contribution in [2.45, 2.75) is 17.0 Å². The summed E-state index contributed by atoms with van der Waals surface area (Å²) in [5.41, 5.74) is 0.322. The Morgan fingerprint density at radius 1 is 0.917 bits per heavy atom. The van der Waals surface area contributed by atoms with Gasteiger partial charge in [-0.3, -0.25) is 4.31 Å². The topological polar surface area (TPSA) is 91.8 Å². The average Bonchev–Trinajstić information content (AvgIpc) is 2.82. The molecule has 0 bridgehead atoms. The van der Waals surface area contributed by atoms with Crippen LogP contribution in [0, 0.1) is 0 Å². The summed E-state index contributed by atoms with van der Waals surface area (Å²) in [6.45, 7) is 0. The van der Waals surface area contributed by atoms with Crippen LogP contribution in [0.2, 0.25) is 0 Å². The maximum atomic E-state index is 13.1. The fraction of sp³-hybridized carbons (Fsp3) is 0.250. The molecule has 3 rings (SSSR count). The van der Waals surface area contributed by atoms with E-state index in [1.807, 2.05) is 0 Å². The molecule has 2 aromatic rings. The summed E-state index contributed by atoms with van der Waals surface area (Å²) in [5, 5.41) is 10.2.